The Morgan fingerprint density at radius 1 is 1.26 bits per heavy atom. The van der Waals surface area contributed by atoms with E-state index in [-0.39, 0.29) is 17.8 Å². The number of halogens is 4. The van der Waals surface area contributed by atoms with E-state index < -0.39 is 23.8 Å². The molecule has 1 aliphatic heterocycles. The Morgan fingerprint density at radius 3 is 2.48 bits per heavy atom. The highest BCUT2D eigenvalue weighted by atomic mass is 35.5. The van der Waals surface area contributed by atoms with Crippen LogP contribution in [0.1, 0.15) is 58.1 Å². The molecule has 0 bridgehead atoms. The van der Waals surface area contributed by atoms with Crippen LogP contribution in [0, 0.1) is 0 Å². The number of alkyl halides is 3. The lowest BCUT2D eigenvalue weighted by Gasteiger charge is -2.31. The standard InChI is InChI=1S/C20H24ClF3O3/c1-5-7-8-19(3,4)14-11-16-12(10-15(14)21)9-13(18(25)26-6-2)17(27-16)20(22,23)24/h9-11,17H,5-8H2,1-4H3/t17-/m0/s1. The third-order valence-corrected chi connectivity index (χ3v) is 4.94. The van der Waals surface area contributed by atoms with Crippen molar-refractivity contribution in [1.29, 1.82) is 0 Å². The normalized spacial score (nSPS) is 17.0. The number of carbonyl (C=O) groups is 1. The summed E-state index contributed by atoms with van der Waals surface area (Å²) in [5.41, 5.74) is 0.166. The summed E-state index contributed by atoms with van der Waals surface area (Å²) in [7, 11) is 0. The number of carbonyl (C=O) groups excluding carboxylic acids is 1. The van der Waals surface area contributed by atoms with Gasteiger partial charge in [0.15, 0.2) is 0 Å². The summed E-state index contributed by atoms with van der Waals surface area (Å²) >= 11 is 6.42. The van der Waals surface area contributed by atoms with Crippen LogP contribution in [-0.4, -0.2) is 24.9 Å². The van der Waals surface area contributed by atoms with Crippen molar-refractivity contribution in [1.82, 2.24) is 0 Å². The van der Waals surface area contributed by atoms with Gasteiger partial charge in [0.1, 0.15) is 5.75 Å². The van der Waals surface area contributed by atoms with E-state index in [1.807, 2.05) is 13.8 Å². The van der Waals surface area contributed by atoms with Gasteiger partial charge in [-0.25, -0.2) is 4.79 Å². The molecule has 150 valence electrons. The first-order valence-electron chi connectivity index (χ1n) is 8.97. The lowest BCUT2D eigenvalue weighted by atomic mass is 9.79. The average molecular weight is 405 g/mol. The first-order chi connectivity index (χ1) is 12.5. The summed E-state index contributed by atoms with van der Waals surface area (Å²) < 4.78 is 50.4. The minimum atomic E-state index is -4.74. The third kappa shape index (κ3) is 4.78. The molecular formula is C20H24ClF3O3. The first-order valence-corrected chi connectivity index (χ1v) is 9.35. The molecule has 1 aromatic rings. The van der Waals surface area contributed by atoms with Gasteiger partial charge in [-0.2, -0.15) is 13.2 Å². The van der Waals surface area contributed by atoms with Crippen molar-refractivity contribution in [3.8, 4) is 5.75 Å². The van der Waals surface area contributed by atoms with Crippen LogP contribution in [0.25, 0.3) is 6.08 Å². The number of esters is 1. The van der Waals surface area contributed by atoms with Crippen LogP contribution in [0.2, 0.25) is 5.02 Å². The summed E-state index contributed by atoms with van der Waals surface area (Å²) in [6.45, 7) is 7.57. The monoisotopic (exact) mass is 404 g/mol. The minimum Gasteiger partial charge on any atom is -0.475 e. The molecule has 0 saturated carbocycles. The summed E-state index contributed by atoms with van der Waals surface area (Å²) in [6, 6.07) is 3.11. The van der Waals surface area contributed by atoms with Crippen LogP contribution in [0.15, 0.2) is 17.7 Å². The Bertz CT molecular complexity index is 739. The molecule has 3 nitrogen and oxygen atoms in total. The molecule has 0 fully saturated rings. The molecule has 0 N–H and O–H groups in total. The molecule has 1 heterocycles. The van der Waals surface area contributed by atoms with Gasteiger partial charge >= 0.3 is 12.1 Å². The second-order valence-electron chi connectivity index (χ2n) is 7.22. The highest BCUT2D eigenvalue weighted by Crippen LogP contribution is 2.43. The number of ether oxygens (including phenoxy) is 2. The largest absolute Gasteiger partial charge is 0.475 e. The van der Waals surface area contributed by atoms with E-state index in [0.29, 0.717) is 10.6 Å². The molecule has 0 spiro atoms. The molecule has 1 aliphatic rings. The van der Waals surface area contributed by atoms with Crippen molar-refractivity contribution < 1.29 is 27.4 Å². The average Bonchev–Trinajstić information content (AvgIpc) is 2.57. The lowest BCUT2D eigenvalue weighted by molar-refractivity contribution is -0.187. The van der Waals surface area contributed by atoms with Gasteiger partial charge < -0.3 is 9.47 Å². The second kappa shape index (κ2) is 8.13. The van der Waals surface area contributed by atoms with E-state index in [4.69, 9.17) is 21.1 Å². The number of benzene rings is 1. The summed E-state index contributed by atoms with van der Waals surface area (Å²) in [4.78, 5) is 12.0. The van der Waals surface area contributed by atoms with E-state index in [1.165, 1.54) is 6.92 Å². The molecule has 1 atom stereocenters. The Hall–Kier alpha value is -1.69. The van der Waals surface area contributed by atoms with Gasteiger partial charge in [-0.1, -0.05) is 45.2 Å². The fourth-order valence-electron chi connectivity index (χ4n) is 3.11. The Labute approximate surface area is 162 Å². The van der Waals surface area contributed by atoms with Gasteiger partial charge in [-0.15, -0.1) is 0 Å². The van der Waals surface area contributed by atoms with Crippen LogP contribution in [0.3, 0.4) is 0 Å². The molecule has 0 saturated heterocycles. The van der Waals surface area contributed by atoms with Crippen LogP contribution in [0.4, 0.5) is 13.2 Å². The number of unbranched alkanes of at least 4 members (excludes halogenated alkanes) is 1. The molecule has 0 amide bonds. The van der Waals surface area contributed by atoms with Gasteiger partial charge in [0.25, 0.3) is 0 Å². The zero-order chi connectivity index (χ0) is 20.4. The Kier molecular flexibility index (Phi) is 6.51. The minimum absolute atomic E-state index is 0.0288. The highest BCUT2D eigenvalue weighted by molar-refractivity contribution is 6.31. The fraction of sp³-hybridized carbons (Fsp3) is 0.550. The number of hydrogen-bond acceptors (Lipinski definition) is 3. The van der Waals surface area contributed by atoms with Gasteiger partial charge in [-0.05, 0) is 42.5 Å². The fourth-order valence-corrected chi connectivity index (χ4v) is 3.54. The predicted molar refractivity (Wildman–Crippen MR) is 99.1 cm³/mol. The van der Waals surface area contributed by atoms with Gasteiger partial charge in [0.05, 0.1) is 12.2 Å². The SMILES string of the molecule is CCCCC(C)(C)c1cc2c(cc1Cl)C=C(C(=O)OCC)[C@@H](C(F)(F)F)O2. The van der Waals surface area contributed by atoms with E-state index >= 15 is 0 Å². The first kappa shape index (κ1) is 21.6. The Balaban J connectivity index is 2.52. The third-order valence-electron chi connectivity index (χ3n) is 4.63. The topological polar surface area (TPSA) is 35.5 Å². The maximum atomic E-state index is 13.5. The van der Waals surface area contributed by atoms with Gasteiger partial charge in [0, 0.05) is 10.6 Å². The lowest BCUT2D eigenvalue weighted by Crippen LogP contribution is -2.41. The van der Waals surface area contributed by atoms with E-state index in [0.717, 1.165) is 30.9 Å². The summed E-state index contributed by atoms with van der Waals surface area (Å²) in [5, 5.41) is 0.434. The molecule has 7 heteroatoms. The van der Waals surface area contributed by atoms with Gasteiger partial charge in [-0.3, -0.25) is 0 Å². The molecular weight excluding hydrogens is 381 g/mol. The summed E-state index contributed by atoms with van der Waals surface area (Å²) in [5.74, 6) is -0.983. The van der Waals surface area contributed by atoms with Crippen molar-refractivity contribution in [2.75, 3.05) is 6.61 Å². The van der Waals surface area contributed by atoms with Crippen molar-refractivity contribution >= 4 is 23.6 Å². The maximum Gasteiger partial charge on any atom is 0.430 e. The van der Waals surface area contributed by atoms with Crippen molar-refractivity contribution in [2.45, 2.75) is 64.7 Å². The van der Waals surface area contributed by atoms with Crippen LogP contribution in [0.5, 0.6) is 5.75 Å². The second-order valence-corrected chi connectivity index (χ2v) is 7.62. The maximum absolute atomic E-state index is 13.5. The van der Waals surface area contributed by atoms with Crippen molar-refractivity contribution in [2.24, 2.45) is 0 Å². The molecule has 0 aromatic heterocycles. The van der Waals surface area contributed by atoms with Crippen molar-refractivity contribution in [3.05, 3.63) is 33.9 Å². The van der Waals surface area contributed by atoms with E-state index in [9.17, 15) is 18.0 Å². The van der Waals surface area contributed by atoms with Crippen LogP contribution >= 0.6 is 11.6 Å². The smallest absolute Gasteiger partial charge is 0.430 e. The van der Waals surface area contributed by atoms with Crippen LogP contribution in [-0.2, 0) is 14.9 Å². The molecule has 1 aromatic carbocycles. The van der Waals surface area contributed by atoms with Gasteiger partial charge in [0.2, 0.25) is 6.10 Å². The number of fused-ring (bicyclic) bond motifs is 1. The molecule has 27 heavy (non-hydrogen) atoms. The molecule has 0 unspecified atom stereocenters. The Morgan fingerprint density at radius 2 is 1.93 bits per heavy atom. The zero-order valence-electron chi connectivity index (χ0n) is 15.9. The number of hydrogen-bond donors (Lipinski definition) is 0. The highest BCUT2D eigenvalue weighted by Gasteiger charge is 2.49. The molecule has 0 aliphatic carbocycles. The number of rotatable bonds is 6. The molecule has 0 radical (unpaired) electrons. The zero-order valence-corrected chi connectivity index (χ0v) is 16.6. The molecule has 2 rings (SSSR count). The predicted octanol–water partition coefficient (Wildman–Crippen LogP) is 6.08. The quantitative estimate of drug-likeness (QED) is 0.539. The van der Waals surface area contributed by atoms with Crippen molar-refractivity contribution in [3.63, 3.8) is 0 Å². The van der Waals surface area contributed by atoms with Crippen LogP contribution < -0.4 is 4.74 Å². The summed E-state index contributed by atoms with van der Waals surface area (Å²) in [6.07, 6.45) is -3.13. The van der Waals surface area contributed by atoms with E-state index in [1.54, 1.807) is 12.1 Å². The van der Waals surface area contributed by atoms with E-state index in [2.05, 4.69) is 6.92 Å².